The van der Waals surface area contributed by atoms with Crippen LogP contribution < -0.4 is 0 Å². The zero-order valence-electron chi connectivity index (χ0n) is 17.8. The standard InChI is InChI=1S/C15H31N3O4S.C2HF3O2/c1-16(2)23(19,20)18-7-5-15(6-8-18)13-17(9-10-21-3)11-14(15)12-22-4;3-2(4,5)1(6)7/h14H,5-13H2,1-4H3;(H,6,7). The second-order valence-corrected chi connectivity index (χ2v) is 9.88. The smallest absolute Gasteiger partial charge is 0.475 e. The van der Waals surface area contributed by atoms with Crippen LogP contribution in [0.3, 0.4) is 0 Å². The first-order chi connectivity index (χ1) is 13.8. The van der Waals surface area contributed by atoms with E-state index in [4.69, 9.17) is 19.4 Å². The molecule has 1 spiro atoms. The molecule has 0 saturated carbocycles. The Balaban J connectivity index is 0.000000553. The third-order valence-corrected chi connectivity index (χ3v) is 7.55. The molecule has 0 bridgehead atoms. The minimum absolute atomic E-state index is 0.169. The van der Waals surface area contributed by atoms with Gasteiger partial charge < -0.3 is 19.5 Å². The van der Waals surface area contributed by atoms with E-state index in [9.17, 15) is 21.6 Å². The lowest BCUT2D eigenvalue weighted by Gasteiger charge is -2.42. The number of hydrogen-bond acceptors (Lipinski definition) is 6. The monoisotopic (exact) mass is 463 g/mol. The Labute approximate surface area is 175 Å². The Morgan fingerprint density at radius 2 is 1.73 bits per heavy atom. The number of ether oxygens (including phenoxy) is 2. The molecule has 2 fully saturated rings. The fourth-order valence-corrected chi connectivity index (χ4v) is 5.03. The van der Waals surface area contributed by atoms with Crippen LogP contribution in [0.4, 0.5) is 13.2 Å². The molecule has 2 rings (SSSR count). The van der Waals surface area contributed by atoms with Crippen molar-refractivity contribution in [3.63, 3.8) is 0 Å². The molecule has 1 N–H and O–H groups in total. The van der Waals surface area contributed by atoms with Gasteiger partial charge in [-0.3, -0.25) is 0 Å². The van der Waals surface area contributed by atoms with Crippen molar-refractivity contribution in [2.24, 2.45) is 11.3 Å². The van der Waals surface area contributed by atoms with E-state index in [0.717, 1.165) is 45.7 Å². The third kappa shape index (κ3) is 7.02. The summed E-state index contributed by atoms with van der Waals surface area (Å²) in [5.74, 6) is -2.29. The minimum atomic E-state index is -5.08. The SMILES string of the molecule is COCCN1CC(COC)C2(CCN(S(=O)(=O)N(C)C)CC2)C1.O=C(O)C(F)(F)F. The Morgan fingerprint density at radius 1 is 1.20 bits per heavy atom. The van der Waals surface area contributed by atoms with Crippen LogP contribution in [-0.4, -0.2) is 113 Å². The summed E-state index contributed by atoms with van der Waals surface area (Å²) in [5.41, 5.74) is 0.169. The maximum Gasteiger partial charge on any atom is 0.490 e. The zero-order chi connectivity index (χ0) is 23.2. The quantitative estimate of drug-likeness (QED) is 0.594. The number of piperidine rings is 1. The number of aliphatic carboxylic acids is 1. The van der Waals surface area contributed by atoms with Gasteiger partial charge in [-0.15, -0.1) is 0 Å². The van der Waals surface area contributed by atoms with Gasteiger partial charge in [-0.25, -0.2) is 4.79 Å². The van der Waals surface area contributed by atoms with Crippen LogP contribution in [0.25, 0.3) is 0 Å². The molecule has 0 aromatic carbocycles. The molecule has 0 aromatic rings. The lowest BCUT2D eigenvalue weighted by molar-refractivity contribution is -0.192. The molecule has 1 atom stereocenters. The van der Waals surface area contributed by atoms with Gasteiger partial charge in [-0.05, 0) is 18.3 Å². The Hall–Kier alpha value is -0.990. The molecular formula is C17H32F3N3O6S. The van der Waals surface area contributed by atoms with Crippen LogP contribution >= 0.6 is 0 Å². The molecule has 1 unspecified atom stereocenters. The molecule has 0 aromatic heterocycles. The number of nitrogens with zero attached hydrogens (tertiary/aromatic N) is 3. The fraction of sp³-hybridized carbons (Fsp3) is 0.941. The summed E-state index contributed by atoms with van der Waals surface area (Å²) >= 11 is 0. The zero-order valence-corrected chi connectivity index (χ0v) is 18.6. The second-order valence-electron chi connectivity index (χ2n) is 7.73. The summed E-state index contributed by atoms with van der Waals surface area (Å²) in [4.78, 5) is 11.3. The average Bonchev–Trinajstić information content (AvgIpc) is 2.97. The number of hydrogen-bond donors (Lipinski definition) is 1. The topological polar surface area (TPSA) is 99.6 Å². The first-order valence-corrected chi connectivity index (χ1v) is 10.9. The summed E-state index contributed by atoms with van der Waals surface area (Å²) in [6.45, 7) is 5.62. The lowest BCUT2D eigenvalue weighted by Crippen LogP contribution is -2.50. The number of carboxylic acid groups (broad SMARTS) is 1. The van der Waals surface area contributed by atoms with Gasteiger partial charge in [0.15, 0.2) is 0 Å². The van der Waals surface area contributed by atoms with Crippen molar-refractivity contribution in [2.45, 2.75) is 19.0 Å². The summed E-state index contributed by atoms with van der Waals surface area (Å²) in [6, 6.07) is 0. The van der Waals surface area contributed by atoms with Crippen molar-refractivity contribution in [3.8, 4) is 0 Å². The minimum Gasteiger partial charge on any atom is -0.475 e. The van der Waals surface area contributed by atoms with Gasteiger partial charge in [0.05, 0.1) is 13.2 Å². The Kier molecular flexibility index (Phi) is 9.96. The summed E-state index contributed by atoms with van der Waals surface area (Å²) in [7, 11) is 3.36. The van der Waals surface area contributed by atoms with Crippen molar-refractivity contribution in [2.75, 3.05) is 74.3 Å². The molecule has 0 amide bonds. The molecule has 2 aliphatic heterocycles. The molecular weight excluding hydrogens is 431 g/mol. The number of methoxy groups -OCH3 is 2. The molecule has 0 aliphatic carbocycles. The van der Waals surface area contributed by atoms with E-state index in [1.165, 1.54) is 4.31 Å². The van der Waals surface area contributed by atoms with Gasteiger partial charge in [-0.1, -0.05) is 0 Å². The van der Waals surface area contributed by atoms with Gasteiger partial charge in [0.25, 0.3) is 10.2 Å². The highest BCUT2D eigenvalue weighted by Gasteiger charge is 2.49. The predicted octanol–water partition coefficient (Wildman–Crippen LogP) is 0.733. The molecule has 9 nitrogen and oxygen atoms in total. The number of rotatable bonds is 7. The van der Waals surface area contributed by atoms with Crippen LogP contribution in [0.15, 0.2) is 0 Å². The lowest BCUT2D eigenvalue weighted by atomic mass is 9.71. The van der Waals surface area contributed by atoms with E-state index in [0.29, 0.717) is 19.0 Å². The van der Waals surface area contributed by atoms with E-state index in [-0.39, 0.29) is 5.41 Å². The van der Waals surface area contributed by atoms with Crippen LogP contribution in [-0.2, 0) is 24.5 Å². The Bertz CT molecular complexity index is 652. The van der Waals surface area contributed by atoms with Gasteiger partial charge >= 0.3 is 12.1 Å². The third-order valence-electron chi connectivity index (χ3n) is 5.61. The van der Waals surface area contributed by atoms with Crippen LogP contribution in [0.2, 0.25) is 0 Å². The highest BCUT2D eigenvalue weighted by atomic mass is 32.2. The Morgan fingerprint density at radius 3 is 2.13 bits per heavy atom. The van der Waals surface area contributed by atoms with E-state index in [2.05, 4.69) is 4.90 Å². The van der Waals surface area contributed by atoms with Crippen molar-refractivity contribution in [1.82, 2.24) is 13.5 Å². The van der Waals surface area contributed by atoms with Crippen molar-refractivity contribution in [1.29, 1.82) is 0 Å². The van der Waals surface area contributed by atoms with Crippen LogP contribution in [0.1, 0.15) is 12.8 Å². The second kappa shape index (κ2) is 11.0. The fourth-order valence-electron chi connectivity index (χ4n) is 3.93. The number of carbonyl (C=O) groups is 1. The van der Waals surface area contributed by atoms with Crippen molar-refractivity contribution < 1.29 is 41.0 Å². The van der Waals surface area contributed by atoms with Crippen LogP contribution in [0, 0.1) is 11.3 Å². The molecule has 2 aliphatic rings. The molecule has 30 heavy (non-hydrogen) atoms. The predicted molar refractivity (Wildman–Crippen MR) is 103 cm³/mol. The highest BCUT2D eigenvalue weighted by molar-refractivity contribution is 7.86. The highest BCUT2D eigenvalue weighted by Crippen LogP contribution is 2.45. The first-order valence-electron chi connectivity index (χ1n) is 9.48. The van der Waals surface area contributed by atoms with Crippen molar-refractivity contribution in [3.05, 3.63) is 0 Å². The summed E-state index contributed by atoms with van der Waals surface area (Å²) < 4.78 is 69.9. The van der Waals surface area contributed by atoms with E-state index in [1.807, 2.05) is 0 Å². The molecule has 178 valence electrons. The average molecular weight is 464 g/mol. The van der Waals surface area contributed by atoms with Gasteiger partial charge in [0.1, 0.15) is 0 Å². The van der Waals surface area contributed by atoms with Gasteiger partial charge in [0.2, 0.25) is 0 Å². The summed E-state index contributed by atoms with van der Waals surface area (Å²) in [5, 5.41) is 7.12. The van der Waals surface area contributed by atoms with Gasteiger partial charge in [-0.2, -0.15) is 30.2 Å². The number of carboxylic acids is 1. The maximum atomic E-state index is 12.3. The van der Waals surface area contributed by atoms with E-state index >= 15 is 0 Å². The largest absolute Gasteiger partial charge is 0.490 e. The molecule has 0 radical (unpaired) electrons. The summed E-state index contributed by atoms with van der Waals surface area (Å²) in [6.07, 6.45) is -3.28. The van der Waals surface area contributed by atoms with E-state index in [1.54, 1.807) is 32.6 Å². The molecule has 2 saturated heterocycles. The molecule has 2 heterocycles. The normalized spacial score (nSPS) is 22.9. The first kappa shape index (κ1) is 27.0. The van der Waals surface area contributed by atoms with Crippen LogP contribution in [0.5, 0.6) is 0 Å². The van der Waals surface area contributed by atoms with Crippen molar-refractivity contribution >= 4 is 16.2 Å². The number of likely N-dealkylation sites (tertiary alicyclic amines) is 1. The van der Waals surface area contributed by atoms with Gasteiger partial charge in [0, 0.05) is 67.0 Å². The number of alkyl halides is 3. The maximum absolute atomic E-state index is 12.3. The molecule has 13 heteroatoms. The van der Waals surface area contributed by atoms with E-state index < -0.39 is 22.4 Å². The number of halogens is 3.